The first-order chi connectivity index (χ1) is 49.3. The summed E-state index contributed by atoms with van der Waals surface area (Å²) in [7, 11) is 4.33. The molecule has 4 aliphatic rings. The Morgan fingerprint density at radius 3 is 1.07 bits per heavy atom. The van der Waals surface area contributed by atoms with Crippen molar-refractivity contribution < 1.29 is 8.78 Å². The van der Waals surface area contributed by atoms with E-state index in [2.05, 4.69) is 131 Å². The minimum absolute atomic E-state index is 0. The van der Waals surface area contributed by atoms with Crippen molar-refractivity contribution in [1.82, 2.24) is 81.2 Å². The SMILES string of the molecule is C.C.C.C.CC1CN(c2n[nH]c(-c3ccc(Cl)cc3)c2-c2ccncc2)CCN1C.CC1CN(c2n[nH]c(-c3ccc(F)cc3)c2-c2ccncc2)CCN1.CC1CN(c2n[nH]c(-c3ccc(F)cc3)c2-c2ccncc2)CCN1C.Clc1ccc(-c2[nH]nc(NC3CCNC3)c2-c2ccncc2)cc1. The van der Waals surface area contributed by atoms with Crippen LogP contribution >= 0.6 is 23.2 Å². The number of nitrogens with one attached hydrogen (secondary N) is 7. The number of likely N-dealkylation sites (N-methyl/N-ethyl adjacent to an activating group) is 2. The average Bonchev–Trinajstić information content (AvgIpc) is 1.65. The number of hydrogen-bond acceptors (Lipinski definition) is 16. The van der Waals surface area contributed by atoms with E-state index in [9.17, 15) is 8.78 Å². The van der Waals surface area contributed by atoms with Gasteiger partial charge in [-0.25, -0.2) is 8.78 Å². The van der Waals surface area contributed by atoms with Gasteiger partial charge in [-0.05, 0) is 191 Å². The van der Waals surface area contributed by atoms with Crippen molar-refractivity contribution in [2.75, 3.05) is 106 Å². The number of nitrogens with zero attached hydrogens (tertiary/aromatic N) is 13. The zero-order valence-corrected chi connectivity index (χ0v) is 58.6. The molecule has 12 heterocycles. The minimum Gasteiger partial charge on any atom is -0.364 e. The molecule has 20 nitrogen and oxygen atoms in total. The van der Waals surface area contributed by atoms with Crippen molar-refractivity contribution in [1.29, 1.82) is 0 Å². The summed E-state index contributed by atoms with van der Waals surface area (Å²) in [5.41, 5.74) is 16.3. The summed E-state index contributed by atoms with van der Waals surface area (Å²) in [6.45, 7) is 17.2. The Labute approximate surface area is 626 Å². The molecule has 4 fully saturated rings. The highest BCUT2D eigenvalue weighted by Crippen LogP contribution is 2.43. The quantitative estimate of drug-likeness (QED) is 0.0571. The highest BCUT2D eigenvalue weighted by Gasteiger charge is 2.31. The molecule has 24 heteroatoms. The van der Waals surface area contributed by atoms with Gasteiger partial charge in [0, 0.05) is 171 Å². The van der Waals surface area contributed by atoms with E-state index in [1.165, 1.54) is 24.3 Å². The van der Waals surface area contributed by atoms with Crippen LogP contribution in [0.3, 0.4) is 0 Å². The third-order valence-electron chi connectivity index (χ3n) is 19.0. The van der Waals surface area contributed by atoms with Crippen LogP contribution in [0.1, 0.15) is 56.9 Å². The van der Waals surface area contributed by atoms with Gasteiger partial charge in [-0.15, -0.1) is 0 Å². The number of pyridine rings is 4. The lowest BCUT2D eigenvalue weighted by atomic mass is 10.0. The molecule has 8 aromatic heterocycles. The van der Waals surface area contributed by atoms with Crippen molar-refractivity contribution in [2.45, 2.75) is 81.1 Å². The topological polar surface area (TPSA) is 219 Å². The van der Waals surface area contributed by atoms with E-state index in [1.54, 1.807) is 61.4 Å². The van der Waals surface area contributed by atoms with Crippen molar-refractivity contribution >= 4 is 46.5 Å². The molecule has 4 saturated heterocycles. The molecule has 0 aliphatic carbocycles. The Morgan fingerprint density at radius 1 is 0.390 bits per heavy atom. The number of anilines is 4. The zero-order valence-electron chi connectivity index (χ0n) is 57.1. The van der Waals surface area contributed by atoms with E-state index in [1.807, 2.05) is 109 Å². The minimum atomic E-state index is -0.245. The lowest BCUT2D eigenvalue weighted by Crippen LogP contribution is -2.50. The van der Waals surface area contributed by atoms with Crippen LogP contribution in [0.15, 0.2) is 195 Å². The number of hydrogen-bond donors (Lipinski definition) is 7. The van der Waals surface area contributed by atoms with Gasteiger partial charge in [-0.1, -0.05) is 77.2 Å². The number of aromatic amines is 4. The second-order valence-corrected chi connectivity index (χ2v) is 26.7. The highest BCUT2D eigenvalue weighted by molar-refractivity contribution is 6.31. The summed E-state index contributed by atoms with van der Waals surface area (Å²) in [5.74, 6) is 3.26. The monoisotopic (exact) mass is 1460 g/mol. The second kappa shape index (κ2) is 37.0. The largest absolute Gasteiger partial charge is 0.364 e. The Balaban J connectivity index is 0.000000160. The molecule has 0 saturated carbocycles. The Hall–Kier alpha value is -10.2. The van der Waals surface area contributed by atoms with Gasteiger partial charge in [0.25, 0.3) is 0 Å². The Kier molecular flexibility index (Phi) is 27.8. The molecule has 4 aromatic carbocycles. The number of rotatable bonds is 13. The van der Waals surface area contributed by atoms with Gasteiger partial charge >= 0.3 is 0 Å². The average molecular weight is 1460 g/mol. The Morgan fingerprint density at radius 2 is 0.724 bits per heavy atom. The highest BCUT2D eigenvalue weighted by atomic mass is 35.5. The maximum atomic E-state index is 13.4. The molecule has 0 amide bonds. The van der Waals surface area contributed by atoms with Gasteiger partial charge in [0.05, 0.1) is 45.0 Å². The van der Waals surface area contributed by atoms with E-state index in [0.29, 0.717) is 24.2 Å². The Bertz CT molecular complexity index is 4430. The molecule has 7 N–H and O–H groups in total. The van der Waals surface area contributed by atoms with Crippen LogP contribution < -0.4 is 30.7 Å². The van der Waals surface area contributed by atoms with E-state index in [4.69, 9.17) is 28.3 Å². The van der Waals surface area contributed by atoms with E-state index in [0.717, 1.165) is 201 Å². The van der Waals surface area contributed by atoms with Crippen molar-refractivity contribution in [3.8, 4) is 89.5 Å². The van der Waals surface area contributed by atoms with E-state index >= 15 is 0 Å². The fraction of sp³-hybridized carbons (Fsp3) is 0.309. The van der Waals surface area contributed by atoms with Crippen LogP contribution in [0, 0.1) is 11.6 Å². The molecule has 0 radical (unpaired) electrons. The fourth-order valence-electron chi connectivity index (χ4n) is 13.2. The summed E-state index contributed by atoms with van der Waals surface area (Å²) in [5, 5.41) is 43.1. The normalized spacial score (nSPS) is 17.2. The van der Waals surface area contributed by atoms with Gasteiger partial charge in [-0.2, -0.15) is 20.4 Å². The molecule has 12 aromatic rings. The third-order valence-corrected chi connectivity index (χ3v) is 19.5. The first-order valence-corrected chi connectivity index (χ1v) is 34.9. The first-order valence-electron chi connectivity index (χ1n) is 34.1. The lowest BCUT2D eigenvalue weighted by molar-refractivity contribution is 0.233. The van der Waals surface area contributed by atoms with Crippen LogP contribution in [0.2, 0.25) is 10.0 Å². The van der Waals surface area contributed by atoms with Crippen LogP contribution in [0.4, 0.5) is 32.1 Å². The maximum Gasteiger partial charge on any atom is 0.159 e. The third kappa shape index (κ3) is 18.8. The fourth-order valence-corrected chi connectivity index (χ4v) is 13.4. The number of aromatic nitrogens is 12. The molecular formula is C81H98Cl2F2N20. The van der Waals surface area contributed by atoms with Crippen molar-refractivity contribution in [3.05, 3.63) is 217 Å². The molecule has 105 heavy (non-hydrogen) atoms. The van der Waals surface area contributed by atoms with E-state index < -0.39 is 0 Å². The van der Waals surface area contributed by atoms with Crippen LogP contribution in [-0.4, -0.2) is 181 Å². The number of H-pyrrole nitrogens is 4. The summed E-state index contributed by atoms with van der Waals surface area (Å²) >= 11 is 12.1. The number of piperazine rings is 3. The predicted octanol–water partition coefficient (Wildman–Crippen LogP) is 16.5. The summed E-state index contributed by atoms with van der Waals surface area (Å²) in [4.78, 5) is 28.3. The molecule has 4 unspecified atom stereocenters. The molecule has 0 bridgehead atoms. The molecule has 4 aliphatic heterocycles. The number of halogens is 4. The molecule has 16 rings (SSSR count). The van der Waals surface area contributed by atoms with Gasteiger partial charge in [0.1, 0.15) is 11.6 Å². The zero-order chi connectivity index (χ0) is 69.8. The first kappa shape index (κ1) is 78.9. The molecule has 550 valence electrons. The summed E-state index contributed by atoms with van der Waals surface area (Å²) < 4.78 is 26.7. The van der Waals surface area contributed by atoms with Gasteiger partial charge < -0.3 is 40.4 Å². The smallest absolute Gasteiger partial charge is 0.159 e. The van der Waals surface area contributed by atoms with Gasteiger partial charge in [0.15, 0.2) is 23.3 Å². The summed E-state index contributed by atoms with van der Waals surface area (Å²) in [6, 6.07) is 46.4. The predicted molar refractivity (Wildman–Crippen MR) is 429 cm³/mol. The van der Waals surface area contributed by atoms with Crippen molar-refractivity contribution in [3.63, 3.8) is 0 Å². The lowest BCUT2D eigenvalue weighted by Gasteiger charge is -2.38. The molecule has 0 spiro atoms. The van der Waals surface area contributed by atoms with Crippen molar-refractivity contribution in [2.24, 2.45) is 0 Å². The van der Waals surface area contributed by atoms with E-state index in [-0.39, 0.29) is 41.3 Å². The van der Waals surface area contributed by atoms with Gasteiger partial charge in [0.2, 0.25) is 0 Å². The summed E-state index contributed by atoms with van der Waals surface area (Å²) in [6.07, 6.45) is 15.5. The number of benzene rings is 4. The standard InChI is InChI=1S/C20H22ClN5.C20H22FN5.C19H20FN5.C18H18ClN5.4CH4/c2*1-14-13-26(12-11-25(14)2)20-18(15-7-9-22-10-8-15)19(23-24-20)16-3-5-17(21)6-4-16;1-13-12-25(11-10-22-13)19-17(14-6-8-21-9-7-14)18(23-24-19)15-2-4-16(20)5-3-15;19-14-3-1-13(2-4-14)17-16(12-5-8-20-9-6-12)18(24-23-17)22-15-7-10-21-11-15;;;;/h2*3-10,14H,11-13H2,1-2H3,(H,23,24);2-9,13,22H,10-12H2,1H3,(H,23,24);1-6,8-9,15,21H,7,10-11H2,(H2,22,23,24);4*1H4. The van der Waals surface area contributed by atoms with Crippen LogP contribution in [0.25, 0.3) is 89.5 Å². The molecular weight excluding hydrogens is 1360 g/mol. The van der Waals surface area contributed by atoms with Crippen LogP contribution in [-0.2, 0) is 0 Å². The van der Waals surface area contributed by atoms with Gasteiger partial charge in [-0.3, -0.25) is 40.3 Å². The molecule has 4 atom stereocenters. The second-order valence-electron chi connectivity index (χ2n) is 25.9. The van der Waals surface area contributed by atoms with Crippen LogP contribution in [0.5, 0.6) is 0 Å². The maximum absolute atomic E-state index is 13.4.